The molecule has 0 aliphatic heterocycles. The van der Waals surface area contributed by atoms with Crippen molar-refractivity contribution in [2.45, 2.75) is 32.3 Å². The standard InChI is InChI=1S/C14H17N3O2/c1-2-19-12-5-11(6-12)7-14(18)17-13-4-3-10(8-15)9-16-13/h3-4,9,11-12H,2,5-7H2,1H3,(H,16,17,18). The lowest BCUT2D eigenvalue weighted by atomic mass is 9.80. The number of carbonyl (C=O) groups excluding carboxylic acids is 1. The number of nitriles is 1. The van der Waals surface area contributed by atoms with Gasteiger partial charge in [0, 0.05) is 19.2 Å². The van der Waals surface area contributed by atoms with E-state index < -0.39 is 0 Å². The first-order chi connectivity index (χ1) is 9.21. The zero-order valence-electron chi connectivity index (χ0n) is 10.9. The molecule has 1 saturated carbocycles. The summed E-state index contributed by atoms with van der Waals surface area (Å²) in [5.41, 5.74) is 0.483. The number of rotatable bonds is 5. The van der Waals surface area contributed by atoms with Crippen molar-refractivity contribution in [1.29, 1.82) is 5.26 Å². The van der Waals surface area contributed by atoms with Crippen LogP contribution in [0.25, 0.3) is 0 Å². The van der Waals surface area contributed by atoms with Crippen molar-refractivity contribution in [3.8, 4) is 6.07 Å². The molecule has 1 heterocycles. The van der Waals surface area contributed by atoms with Gasteiger partial charge in [-0.05, 0) is 37.8 Å². The second kappa shape index (κ2) is 6.30. The van der Waals surface area contributed by atoms with Gasteiger partial charge >= 0.3 is 0 Å². The molecule has 0 unspecified atom stereocenters. The number of hydrogen-bond acceptors (Lipinski definition) is 4. The number of hydrogen-bond donors (Lipinski definition) is 1. The Labute approximate surface area is 112 Å². The third-order valence-corrected chi connectivity index (χ3v) is 3.23. The molecule has 1 aliphatic carbocycles. The van der Waals surface area contributed by atoms with E-state index in [9.17, 15) is 4.79 Å². The third-order valence-electron chi connectivity index (χ3n) is 3.23. The fourth-order valence-electron chi connectivity index (χ4n) is 2.20. The van der Waals surface area contributed by atoms with E-state index in [4.69, 9.17) is 10.00 Å². The number of carbonyl (C=O) groups is 1. The minimum Gasteiger partial charge on any atom is -0.378 e. The van der Waals surface area contributed by atoms with Gasteiger partial charge in [-0.1, -0.05) is 0 Å². The molecule has 0 bridgehead atoms. The van der Waals surface area contributed by atoms with Crippen LogP contribution < -0.4 is 5.32 Å². The number of aromatic nitrogens is 1. The Morgan fingerprint density at radius 2 is 2.37 bits per heavy atom. The van der Waals surface area contributed by atoms with Crippen molar-refractivity contribution < 1.29 is 9.53 Å². The van der Waals surface area contributed by atoms with Crippen molar-refractivity contribution in [2.75, 3.05) is 11.9 Å². The molecule has 1 N–H and O–H groups in total. The molecule has 2 rings (SSSR count). The summed E-state index contributed by atoms with van der Waals surface area (Å²) in [5.74, 6) is 0.872. The lowest BCUT2D eigenvalue weighted by molar-refractivity contribution is -0.119. The van der Waals surface area contributed by atoms with Gasteiger partial charge in [-0.2, -0.15) is 5.26 Å². The highest BCUT2D eigenvalue weighted by molar-refractivity contribution is 5.89. The van der Waals surface area contributed by atoms with Crippen molar-refractivity contribution in [1.82, 2.24) is 4.98 Å². The summed E-state index contributed by atoms with van der Waals surface area (Å²) in [6.07, 6.45) is 4.20. The zero-order chi connectivity index (χ0) is 13.7. The van der Waals surface area contributed by atoms with Crippen LogP contribution in [0.4, 0.5) is 5.82 Å². The van der Waals surface area contributed by atoms with E-state index in [1.165, 1.54) is 6.20 Å². The normalized spacial score (nSPS) is 21.3. The summed E-state index contributed by atoms with van der Waals surface area (Å²) in [5, 5.41) is 11.4. The van der Waals surface area contributed by atoms with Crippen LogP contribution in [0.3, 0.4) is 0 Å². The van der Waals surface area contributed by atoms with Gasteiger partial charge in [-0.3, -0.25) is 4.79 Å². The van der Waals surface area contributed by atoms with Crippen LogP contribution in [-0.4, -0.2) is 23.6 Å². The average molecular weight is 259 g/mol. The number of nitrogens with one attached hydrogen (secondary N) is 1. The third kappa shape index (κ3) is 3.76. The summed E-state index contributed by atoms with van der Waals surface area (Å²) in [6, 6.07) is 5.26. The van der Waals surface area contributed by atoms with E-state index in [2.05, 4.69) is 10.3 Å². The summed E-state index contributed by atoms with van der Waals surface area (Å²) in [6.45, 7) is 2.72. The SMILES string of the molecule is CCOC1CC(CC(=O)Nc2ccc(C#N)cn2)C1. The number of amides is 1. The maximum absolute atomic E-state index is 11.8. The average Bonchev–Trinajstić information content (AvgIpc) is 2.37. The van der Waals surface area contributed by atoms with Crippen LogP contribution in [0.15, 0.2) is 18.3 Å². The molecule has 0 aromatic carbocycles. The Bertz CT molecular complexity index is 472. The predicted molar refractivity (Wildman–Crippen MR) is 70.3 cm³/mol. The Morgan fingerprint density at radius 1 is 1.58 bits per heavy atom. The Hall–Kier alpha value is -1.93. The van der Waals surface area contributed by atoms with E-state index in [1.54, 1.807) is 12.1 Å². The van der Waals surface area contributed by atoms with Crippen molar-refractivity contribution in [2.24, 2.45) is 5.92 Å². The number of anilines is 1. The molecule has 1 amide bonds. The predicted octanol–water partition coefficient (Wildman–Crippen LogP) is 2.10. The van der Waals surface area contributed by atoms with Crippen LogP contribution >= 0.6 is 0 Å². The largest absolute Gasteiger partial charge is 0.378 e. The van der Waals surface area contributed by atoms with Crippen LogP contribution in [0.2, 0.25) is 0 Å². The van der Waals surface area contributed by atoms with Gasteiger partial charge < -0.3 is 10.1 Å². The van der Waals surface area contributed by atoms with Gasteiger partial charge in [-0.15, -0.1) is 0 Å². The topological polar surface area (TPSA) is 75.0 Å². The number of ether oxygens (including phenoxy) is 1. The molecule has 0 saturated heterocycles. The van der Waals surface area contributed by atoms with E-state index >= 15 is 0 Å². The second-order valence-corrected chi connectivity index (χ2v) is 4.71. The quantitative estimate of drug-likeness (QED) is 0.878. The molecule has 100 valence electrons. The fourth-order valence-corrected chi connectivity index (χ4v) is 2.20. The molecular weight excluding hydrogens is 242 g/mol. The van der Waals surface area contributed by atoms with Crippen molar-refractivity contribution in [3.63, 3.8) is 0 Å². The molecule has 0 atom stereocenters. The lowest BCUT2D eigenvalue weighted by Crippen LogP contribution is -2.33. The second-order valence-electron chi connectivity index (χ2n) is 4.71. The Morgan fingerprint density at radius 3 is 2.95 bits per heavy atom. The smallest absolute Gasteiger partial charge is 0.225 e. The summed E-state index contributed by atoms with van der Waals surface area (Å²) < 4.78 is 5.46. The van der Waals surface area contributed by atoms with E-state index in [0.29, 0.717) is 29.8 Å². The van der Waals surface area contributed by atoms with Gasteiger partial charge in [0.25, 0.3) is 0 Å². The molecule has 5 heteroatoms. The van der Waals surface area contributed by atoms with Gasteiger partial charge in [0.05, 0.1) is 11.7 Å². The Kier molecular flexibility index (Phi) is 4.48. The highest BCUT2D eigenvalue weighted by Crippen LogP contribution is 2.32. The maximum atomic E-state index is 11.8. The molecule has 1 aromatic heterocycles. The summed E-state index contributed by atoms with van der Waals surface area (Å²) >= 11 is 0. The van der Waals surface area contributed by atoms with E-state index in [1.807, 2.05) is 13.0 Å². The van der Waals surface area contributed by atoms with Crippen LogP contribution in [0, 0.1) is 17.2 Å². The van der Waals surface area contributed by atoms with Gasteiger partial charge in [0.15, 0.2) is 0 Å². The maximum Gasteiger partial charge on any atom is 0.225 e. The zero-order valence-corrected chi connectivity index (χ0v) is 10.9. The first-order valence-corrected chi connectivity index (χ1v) is 6.49. The van der Waals surface area contributed by atoms with Gasteiger partial charge in [0.2, 0.25) is 5.91 Å². The van der Waals surface area contributed by atoms with E-state index in [0.717, 1.165) is 19.4 Å². The molecule has 5 nitrogen and oxygen atoms in total. The highest BCUT2D eigenvalue weighted by Gasteiger charge is 2.31. The molecule has 19 heavy (non-hydrogen) atoms. The van der Waals surface area contributed by atoms with Crippen LogP contribution in [0.5, 0.6) is 0 Å². The minimum absolute atomic E-state index is 0.0304. The van der Waals surface area contributed by atoms with Crippen molar-refractivity contribution in [3.05, 3.63) is 23.9 Å². The molecular formula is C14H17N3O2. The Balaban J connectivity index is 1.74. The fraction of sp³-hybridized carbons (Fsp3) is 0.500. The molecule has 1 fully saturated rings. The highest BCUT2D eigenvalue weighted by atomic mass is 16.5. The number of pyridine rings is 1. The van der Waals surface area contributed by atoms with E-state index in [-0.39, 0.29) is 5.91 Å². The first-order valence-electron chi connectivity index (χ1n) is 6.49. The number of nitrogens with zero attached hydrogens (tertiary/aromatic N) is 2. The molecule has 0 spiro atoms. The van der Waals surface area contributed by atoms with Gasteiger partial charge in [-0.25, -0.2) is 4.98 Å². The summed E-state index contributed by atoms with van der Waals surface area (Å²) in [7, 11) is 0. The minimum atomic E-state index is -0.0304. The lowest BCUT2D eigenvalue weighted by Gasteiger charge is -2.34. The molecule has 1 aliphatic rings. The first kappa shape index (κ1) is 13.5. The monoisotopic (exact) mass is 259 g/mol. The summed E-state index contributed by atoms with van der Waals surface area (Å²) in [4.78, 5) is 15.8. The van der Waals surface area contributed by atoms with Crippen LogP contribution in [-0.2, 0) is 9.53 Å². The van der Waals surface area contributed by atoms with Crippen molar-refractivity contribution >= 4 is 11.7 Å². The van der Waals surface area contributed by atoms with Gasteiger partial charge in [0.1, 0.15) is 11.9 Å². The molecule has 0 radical (unpaired) electrons. The molecule has 1 aromatic rings. The van der Waals surface area contributed by atoms with Crippen LogP contribution in [0.1, 0.15) is 31.7 Å².